The van der Waals surface area contributed by atoms with Crippen LogP contribution in [0, 0.1) is 13.8 Å². The normalized spacial score (nSPS) is 9.56. The van der Waals surface area contributed by atoms with Crippen molar-refractivity contribution in [1.29, 1.82) is 0 Å². The molecule has 0 radical (unpaired) electrons. The highest BCUT2D eigenvalue weighted by Gasteiger charge is 1.99. The fraction of sp³-hybridized carbons (Fsp3) is 0.333. The third-order valence-corrected chi connectivity index (χ3v) is 2.03. The highest BCUT2D eigenvalue weighted by molar-refractivity contribution is 7.15. The van der Waals surface area contributed by atoms with Crippen molar-refractivity contribution in [2.75, 3.05) is 0 Å². The molecule has 0 bridgehead atoms. The Morgan fingerprint density at radius 1 is 1.56 bits per heavy atom. The molecule has 48 valence electrons. The van der Waals surface area contributed by atoms with Crippen LogP contribution in [0.5, 0.6) is 0 Å². The molecule has 0 saturated carbocycles. The molecule has 0 aliphatic heterocycles. The topological polar surface area (TPSA) is 25.2 Å². The molecule has 0 unspecified atom stereocenters. The smallest absolute Gasteiger partial charge is 0.138 e. The summed E-state index contributed by atoms with van der Waals surface area (Å²) in [4.78, 5) is 7.96. The number of aliphatic imine (C=N–C) groups is 1. The summed E-state index contributed by atoms with van der Waals surface area (Å²) >= 11 is 1.57. The van der Waals surface area contributed by atoms with Crippen LogP contribution in [-0.2, 0) is 0 Å². The Morgan fingerprint density at radius 3 is 2.44 bits per heavy atom. The van der Waals surface area contributed by atoms with Crippen molar-refractivity contribution in [2.24, 2.45) is 4.99 Å². The van der Waals surface area contributed by atoms with E-state index < -0.39 is 0 Å². The lowest BCUT2D eigenvalue weighted by Gasteiger charge is -1.80. The van der Waals surface area contributed by atoms with E-state index in [2.05, 4.69) is 16.7 Å². The van der Waals surface area contributed by atoms with Gasteiger partial charge in [0.25, 0.3) is 0 Å². The van der Waals surface area contributed by atoms with E-state index in [4.69, 9.17) is 0 Å². The molecule has 0 saturated heterocycles. The van der Waals surface area contributed by atoms with Crippen molar-refractivity contribution in [1.82, 2.24) is 4.98 Å². The second-order valence-electron chi connectivity index (χ2n) is 1.78. The van der Waals surface area contributed by atoms with Crippen molar-refractivity contribution in [2.45, 2.75) is 13.8 Å². The number of hydrogen-bond donors (Lipinski definition) is 0. The summed E-state index contributed by atoms with van der Waals surface area (Å²) in [6, 6.07) is 0. The average molecular weight is 140 g/mol. The maximum atomic E-state index is 4.17. The lowest BCUT2D eigenvalue weighted by atomic mass is 10.5. The Balaban J connectivity index is 3.15. The van der Waals surface area contributed by atoms with Gasteiger partial charge in [0.15, 0.2) is 0 Å². The molecule has 0 aromatic carbocycles. The van der Waals surface area contributed by atoms with Gasteiger partial charge in [-0.25, -0.2) is 4.98 Å². The van der Waals surface area contributed by atoms with Crippen LogP contribution in [-0.4, -0.2) is 11.7 Å². The molecule has 0 N–H and O–H groups in total. The Bertz CT molecular complexity index is 227. The first kappa shape index (κ1) is 6.42. The van der Waals surface area contributed by atoms with Crippen LogP contribution in [0.25, 0.3) is 0 Å². The monoisotopic (exact) mass is 140 g/mol. The molecular weight excluding hydrogens is 132 g/mol. The Labute approximate surface area is 58.3 Å². The molecule has 0 fully saturated rings. The van der Waals surface area contributed by atoms with Gasteiger partial charge in [0.2, 0.25) is 0 Å². The van der Waals surface area contributed by atoms with Crippen molar-refractivity contribution < 1.29 is 0 Å². The number of aryl methyl sites for hydroxylation is 2. The molecule has 1 rings (SSSR count). The van der Waals surface area contributed by atoms with E-state index in [1.165, 1.54) is 0 Å². The van der Waals surface area contributed by atoms with Crippen LogP contribution >= 0.6 is 11.3 Å². The largest absolute Gasteiger partial charge is 0.252 e. The van der Waals surface area contributed by atoms with E-state index in [1.807, 2.05) is 13.8 Å². The fourth-order valence-corrected chi connectivity index (χ4v) is 1.39. The summed E-state index contributed by atoms with van der Waals surface area (Å²) in [6.07, 6.45) is 0. The Hall–Kier alpha value is -0.700. The maximum absolute atomic E-state index is 4.17. The van der Waals surface area contributed by atoms with E-state index in [-0.39, 0.29) is 0 Å². The third kappa shape index (κ3) is 1.16. The van der Waals surface area contributed by atoms with Gasteiger partial charge in [-0.15, -0.1) is 0 Å². The molecule has 1 aromatic heterocycles. The van der Waals surface area contributed by atoms with Crippen LogP contribution < -0.4 is 0 Å². The van der Waals surface area contributed by atoms with Crippen LogP contribution in [0.2, 0.25) is 0 Å². The van der Waals surface area contributed by atoms with E-state index >= 15 is 0 Å². The first-order chi connectivity index (χ1) is 4.24. The fourth-order valence-electron chi connectivity index (χ4n) is 0.667. The molecule has 0 amide bonds. The van der Waals surface area contributed by atoms with Gasteiger partial charge in [-0.2, -0.15) is 0 Å². The predicted octanol–water partition coefficient (Wildman–Crippen LogP) is 2.09. The highest BCUT2D eigenvalue weighted by Crippen LogP contribution is 2.25. The minimum absolute atomic E-state index is 0.938. The number of nitrogens with zero attached hydrogens (tertiary/aromatic N) is 2. The molecule has 0 aliphatic rings. The molecule has 0 aliphatic carbocycles. The zero-order chi connectivity index (χ0) is 6.85. The maximum Gasteiger partial charge on any atom is 0.138 e. The Kier molecular flexibility index (Phi) is 1.62. The summed E-state index contributed by atoms with van der Waals surface area (Å²) in [5, 5.41) is 1.99. The summed E-state index contributed by atoms with van der Waals surface area (Å²) < 4.78 is 0. The molecular formula is C6H8N2S. The minimum Gasteiger partial charge on any atom is -0.252 e. The van der Waals surface area contributed by atoms with Gasteiger partial charge in [-0.3, -0.25) is 4.99 Å². The predicted molar refractivity (Wildman–Crippen MR) is 40.8 cm³/mol. The molecule has 9 heavy (non-hydrogen) atoms. The minimum atomic E-state index is 0.938. The number of rotatable bonds is 1. The zero-order valence-corrected chi connectivity index (χ0v) is 6.33. The van der Waals surface area contributed by atoms with Crippen LogP contribution in [0.15, 0.2) is 4.99 Å². The lowest BCUT2D eigenvalue weighted by Crippen LogP contribution is -1.68. The highest BCUT2D eigenvalue weighted by atomic mass is 32.1. The van der Waals surface area contributed by atoms with Crippen molar-refractivity contribution in [3.05, 3.63) is 10.7 Å². The Morgan fingerprint density at radius 2 is 2.22 bits per heavy atom. The van der Waals surface area contributed by atoms with Crippen LogP contribution in [0.3, 0.4) is 0 Å². The van der Waals surface area contributed by atoms with Crippen LogP contribution in [0.4, 0.5) is 5.00 Å². The van der Waals surface area contributed by atoms with Gasteiger partial charge < -0.3 is 0 Å². The van der Waals surface area contributed by atoms with Crippen LogP contribution in [0.1, 0.15) is 10.7 Å². The van der Waals surface area contributed by atoms with E-state index in [1.54, 1.807) is 11.3 Å². The van der Waals surface area contributed by atoms with E-state index in [0.29, 0.717) is 0 Å². The third-order valence-electron chi connectivity index (χ3n) is 1.02. The van der Waals surface area contributed by atoms with Crippen molar-refractivity contribution in [3.8, 4) is 0 Å². The first-order valence-corrected chi connectivity index (χ1v) is 3.46. The zero-order valence-electron chi connectivity index (χ0n) is 5.51. The molecule has 1 aromatic rings. The van der Waals surface area contributed by atoms with E-state index in [9.17, 15) is 0 Å². The summed E-state index contributed by atoms with van der Waals surface area (Å²) in [5.41, 5.74) is 0.979. The standard InChI is InChI=1S/C6H8N2S/c1-4-6(7-3)9-5(2)8-4/h3H2,1-2H3. The van der Waals surface area contributed by atoms with Gasteiger partial charge in [0.1, 0.15) is 5.00 Å². The molecule has 0 spiro atoms. The van der Waals surface area contributed by atoms with Crippen molar-refractivity contribution >= 4 is 23.1 Å². The first-order valence-electron chi connectivity index (χ1n) is 2.65. The summed E-state index contributed by atoms with van der Waals surface area (Å²) in [5.74, 6) is 0. The molecule has 2 nitrogen and oxygen atoms in total. The number of hydrogen-bond acceptors (Lipinski definition) is 3. The van der Waals surface area contributed by atoms with Gasteiger partial charge in [0, 0.05) is 0 Å². The van der Waals surface area contributed by atoms with Gasteiger partial charge >= 0.3 is 0 Å². The van der Waals surface area contributed by atoms with Gasteiger partial charge in [0.05, 0.1) is 10.7 Å². The number of thiazole rings is 1. The summed E-state index contributed by atoms with van der Waals surface area (Å²) in [6.45, 7) is 7.33. The summed E-state index contributed by atoms with van der Waals surface area (Å²) in [7, 11) is 0. The number of aromatic nitrogens is 1. The van der Waals surface area contributed by atoms with Crippen molar-refractivity contribution in [3.63, 3.8) is 0 Å². The van der Waals surface area contributed by atoms with Gasteiger partial charge in [-0.05, 0) is 20.6 Å². The second kappa shape index (κ2) is 2.27. The molecule has 1 heterocycles. The lowest BCUT2D eigenvalue weighted by molar-refractivity contribution is 1.20. The van der Waals surface area contributed by atoms with Gasteiger partial charge in [-0.1, -0.05) is 11.3 Å². The molecule has 0 atom stereocenters. The second-order valence-corrected chi connectivity index (χ2v) is 2.96. The molecule has 3 heteroatoms. The van der Waals surface area contributed by atoms with E-state index in [0.717, 1.165) is 15.7 Å². The average Bonchev–Trinajstić information content (AvgIpc) is 2.10. The quantitative estimate of drug-likeness (QED) is 0.548. The SMILES string of the molecule is C=Nc1sc(C)nc1C.